The fraction of sp³-hybridized carbons (Fsp3) is 0.200. The van der Waals surface area contributed by atoms with Crippen LogP contribution in [0.25, 0.3) is 6.08 Å². The Kier molecular flexibility index (Phi) is 1.72. The second kappa shape index (κ2) is 4.99. The normalized spacial score (nSPS) is 17.9. The molecule has 0 atom stereocenters. The van der Waals surface area contributed by atoms with Gasteiger partial charge in [0, 0.05) is 6.08 Å². The van der Waals surface area contributed by atoms with Gasteiger partial charge in [-0.15, -0.1) is 0 Å². The molecule has 0 radical (unpaired) electrons. The van der Waals surface area contributed by atoms with Crippen LogP contribution in [0.4, 0.5) is 0 Å². The lowest BCUT2D eigenvalue weighted by Crippen LogP contribution is -1.90. The summed E-state index contributed by atoms with van der Waals surface area (Å²) in [7, 11) is -5.61. The number of ether oxygens (including phenoxy) is 2. The Balaban J connectivity index is 3.16. The van der Waals surface area contributed by atoms with Crippen LogP contribution >= 0.6 is 0 Å². The van der Waals surface area contributed by atoms with Gasteiger partial charge in [0.05, 0.1) is 27.2 Å². The Hall–Kier alpha value is -2.04. The Bertz CT molecular complexity index is 551. The highest BCUT2D eigenvalue weighted by molar-refractivity contribution is 5.55. The summed E-state index contributed by atoms with van der Waals surface area (Å²) in [4.78, 5) is 9.54. The van der Waals surface area contributed by atoms with E-state index in [-0.39, 0.29) is 17.1 Å². The van der Waals surface area contributed by atoms with Gasteiger partial charge in [0.1, 0.15) is 0 Å². The van der Waals surface area contributed by atoms with Crippen molar-refractivity contribution in [2.24, 2.45) is 0 Å². The Morgan fingerprint density at radius 3 is 2.80 bits per heavy atom. The molecule has 0 unspecified atom stereocenters. The molecule has 80 valence electrons. The molecule has 0 N–H and O–H groups in total. The first-order chi connectivity index (χ1) is 9.46. The molecule has 5 heteroatoms. The SMILES string of the molecule is [2H]C([2H])([2H])Oc1ccc(/C=C/[N+](=O)[O-])cc1OC([2H])([2H])[2H]. The van der Waals surface area contributed by atoms with Gasteiger partial charge in [-0.1, -0.05) is 6.07 Å². The van der Waals surface area contributed by atoms with Crippen molar-refractivity contribution in [3.8, 4) is 11.5 Å². The maximum atomic E-state index is 10.2. The highest BCUT2D eigenvalue weighted by Gasteiger charge is 2.02. The van der Waals surface area contributed by atoms with Crippen molar-refractivity contribution in [2.75, 3.05) is 14.1 Å². The number of benzene rings is 1. The maximum Gasteiger partial charge on any atom is 0.235 e. The summed E-state index contributed by atoms with van der Waals surface area (Å²) in [6.07, 6.45) is 1.75. The van der Waals surface area contributed by atoms with Crippen molar-refractivity contribution < 1.29 is 22.6 Å². The molecule has 0 bridgehead atoms. The van der Waals surface area contributed by atoms with Crippen molar-refractivity contribution in [1.29, 1.82) is 0 Å². The average molecular weight is 215 g/mol. The van der Waals surface area contributed by atoms with E-state index in [1.54, 1.807) is 0 Å². The van der Waals surface area contributed by atoms with E-state index in [1.807, 2.05) is 0 Å². The lowest BCUT2D eigenvalue weighted by atomic mass is 10.2. The largest absolute Gasteiger partial charge is 0.493 e. The summed E-state index contributed by atoms with van der Waals surface area (Å²) in [6, 6.07) is 3.62. The number of rotatable bonds is 4. The minimum absolute atomic E-state index is 0.254. The first-order valence-corrected chi connectivity index (χ1v) is 3.80. The summed E-state index contributed by atoms with van der Waals surface area (Å²) < 4.78 is 51.4. The molecule has 0 aliphatic heterocycles. The molecule has 0 aliphatic rings. The second-order valence-corrected chi connectivity index (χ2v) is 2.51. The van der Waals surface area contributed by atoms with Gasteiger partial charge in [-0.2, -0.15) is 0 Å². The van der Waals surface area contributed by atoms with Crippen molar-refractivity contribution in [2.45, 2.75) is 0 Å². The number of hydrogen-bond acceptors (Lipinski definition) is 4. The quantitative estimate of drug-likeness (QED) is 0.569. The van der Waals surface area contributed by atoms with Crippen molar-refractivity contribution in [1.82, 2.24) is 0 Å². The molecule has 0 fully saturated rings. The third-order valence-electron chi connectivity index (χ3n) is 1.58. The first-order valence-electron chi connectivity index (χ1n) is 6.80. The van der Waals surface area contributed by atoms with Crippen LogP contribution in [-0.2, 0) is 0 Å². The van der Waals surface area contributed by atoms with E-state index in [0.717, 1.165) is 18.2 Å². The van der Waals surface area contributed by atoms with Gasteiger partial charge in [0.15, 0.2) is 11.5 Å². The predicted octanol–water partition coefficient (Wildman–Crippen LogP) is 1.95. The molecule has 0 amide bonds. The summed E-state index contributed by atoms with van der Waals surface area (Å²) in [5.74, 6) is -0.652. The van der Waals surface area contributed by atoms with Crippen LogP contribution in [0.15, 0.2) is 24.4 Å². The Morgan fingerprint density at radius 2 is 2.13 bits per heavy atom. The van der Waals surface area contributed by atoms with Crippen LogP contribution in [0.5, 0.6) is 11.5 Å². The summed E-state index contributed by atoms with van der Waals surface area (Å²) in [5, 5.41) is 10.2. The number of nitrogens with zero attached hydrogens (tertiary/aromatic N) is 1. The number of nitro groups is 1. The molecular formula is C10H11NO4. The predicted molar refractivity (Wildman–Crippen MR) is 55.6 cm³/mol. The monoisotopic (exact) mass is 215 g/mol. The van der Waals surface area contributed by atoms with Gasteiger partial charge in [0.2, 0.25) is 6.20 Å². The summed E-state index contributed by atoms with van der Waals surface area (Å²) in [5.41, 5.74) is 0.254. The van der Waals surface area contributed by atoms with Crippen molar-refractivity contribution in [3.05, 3.63) is 40.1 Å². The molecule has 1 rings (SSSR count). The van der Waals surface area contributed by atoms with E-state index in [9.17, 15) is 10.1 Å². The van der Waals surface area contributed by atoms with Gasteiger partial charge >= 0.3 is 0 Å². The lowest BCUT2D eigenvalue weighted by molar-refractivity contribution is -0.400. The third-order valence-corrected chi connectivity index (χ3v) is 1.58. The smallest absolute Gasteiger partial charge is 0.235 e. The topological polar surface area (TPSA) is 61.6 Å². The minimum Gasteiger partial charge on any atom is -0.493 e. The molecular weight excluding hydrogens is 198 g/mol. The standard InChI is InChI=1S/C10H11NO4/c1-14-9-4-3-8(5-6-11(12)13)7-10(9)15-2/h3-7H,1-2H3/b6-5+/i1D3,2D3. The second-order valence-electron chi connectivity index (χ2n) is 2.51. The zero-order valence-electron chi connectivity index (χ0n) is 13.5. The number of methoxy groups -OCH3 is 2. The lowest BCUT2D eigenvalue weighted by Gasteiger charge is -2.07. The van der Waals surface area contributed by atoms with E-state index < -0.39 is 19.0 Å². The van der Waals surface area contributed by atoms with Gasteiger partial charge in [0.25, 0.3) is 0 Å². The maximum absolute atomic E-state index is 10.2. The fourth-order valence-corrected chi connectivity index (χ4v) is 0.939. The zero-order chi connectivity index (χ0) is 16.3. The molecule has 0 saturated carbocycles. The molecule has 1 aromatic rings. The molecule has 1 aromatic carbocycles. The van der Waals surface area contributed by atoms with Gasteiger partial charge in [-0.05, 0) is 17.7 Å². The zero-order valence-corrected chi connectivity index (χ0v) is 7.47. The number of hydrogen-bond donors (Lipinski definition) is 0. The third kappa shape index (κ3) is 2.98. The first kappa shape index (κ1) is 5.16. The van der Waals surface area contributed by atoms with Gasteiger partial charge < -0.3 is 9.47 Å². The minimum atomic E-state index is -2.82. The highest BCUT2D eigenvalue weighted by Crippen LogP contribution is 2.27. The molecule has 0 spiro atoms. The van der Waals surface area contributed by atoms with E-state index in [2.05, 4.69) is 9.47 Å². The van der Waals surface area contributed by atoms with Crippen LogP contribution < -0.4 is 9.47 Å². The summed E-state index contributed by atoms with van der Waals surface area (Å²) >= 11 is 0. The van der Waals surface area contributed by atoms with E-state index in [4.69, 9.17) is 8.22 Å². The van der Waals surface area contributed by atoms with Crippen LogP contribution in [-0.4, -0.2) is 19.0 Å². The van der Waals surface area contributed by atoms with E-state index >= 15 is 0 Å². The van der Waals surface area contributed by atoms with Crippen LogP contribution in [0.2, 0.25) is 0 Å². The van der Waals surface area contributed by atoms with Crippen LogP contribution in [0, 0.1) is 10.1 Å². The van der Waals surface area contributed by atoms with Crippen LogP contribution in [0.1, 0.15) is 13.8 Å². The van der Waals surface area contributed by atoms with Crippen molar-refractivity contribution >= 4 is 6.08 Å². The Morgan fingerprint density at radius 1 is 1.40 bits per heavy atom. The molecule has 15 heavy (non-hydrogen) atoms. The molecule has 0 heterocycles. The average Bonchev–Trinajstić information content (AvgIpc) is 2.25. The van der Waals surface area contributed by atoms with Crippen LogP contribution in [0.3, 0.4) is 0 Å². The van der Waals surface area contributed by atoms with E-state index in [1.165, 1.54) is 6.07 Å². The van der Waals surface area contributed by atoms with Gasteiger partial charge in [-0.25, -0.2) is 0 Å². The molecule has 0 saturated heterocycles. The summed E-state index contributed by atoms with van der Waals surface area (Å²) in [6.45, 7) is 0. The molecule has 0 aromatic heterocycles. The fourth-order valence-electron chi connectivity index (χ4n) is 0.939. The highest BCUT2D eigenvalue weighted by atomic mass is 16.6. The Labute approximate surface area is 95.5 Å². The van der Waals surface area contributed by atoms with Gasteiger partial charge in [-0.3, -0.25) is 10.1 Å². The molecule has 5 nitrogen and oxygen atoms in total. The van der Waals surface area contributed by atoms with E-state index in [0.29, 0.717) is 6.20 Å². The molecule has 0 aliphatic carbocycles. The van der Waals surface area contributed by atoms with Crippen molar-refractivity contribution in [3.63, 3.8) is 0 Å².